The minimum Gasteiger partial charge on any atom is -0.347 e. The zero-order chi connectivity index (χ0) is 58.3. The van der Waals surface area contributed by atoms with Crippen molar-refractivity contribution < 1.29 is 33.6 Å². The highest BCUT2D eigenvalue weighted by Crippen LogP contribution is 2.33. The SMILES string of the molecule is CN[C@@H](C)C(=O)NC(C(=O)N1Cc2ccccc2CC1C(=O)N(CCc1ccc2ccccc2c1)Cc1ccc(C(=O)NC2C[C@@H](C(=O)N[C@@H]3CCCc4ccccc43)N(C(=O)[C@@H](NC(=O)[C@H](C)NC)C(C)(C)C)C2)cc1)C(C)(C)C. The summed E-state index contributed by atoms with van der Waals surface area (Å²) in [6.07, 6.45) is 3.54. The molecule has 0 spiro atoms. The minimum absolute atomic E-state index is 0.0450. The fourth-order valence-electron chi connectivity index (χ4n) is 11.4. The second-order valence-electron chi connectivity index (χ2n) is 24.5. The maximum atomic E-state index is 15.5. The summed E-state index contributed by atoms with van der Waals surface area (Å²) < 4.78 is 0. The molecule has 81 heavy (non-hydrogen) atoms. The number of rotatable bonds is 18. The lowest BCUT2D eigenvalue weighted by Crippen LogP contribution is -2.62. The van der Waals surface area contributed by atoms with E-state index in [1.54, 1.807) is 49.9 Å². The van der Waals surface area contributed by atoms with Gasteiger partial charge in [-0.3, -0.25) is 33.6 Å². The summed E-state index contributed by atoms with van der Waals surface area (Å²) in [5.74, 6) is -2.37. The first kappa shape index (κ1) is 59.7. The molecule has 7 amide bonds. The lowest BCUT2D eigenvalue weighted by Gasteiger charge is -2.42. The van der Waals surface area contributed by atoms with Gasteiger partial charge in [0.15, 0.2) is 0 Å². The zero-order valence-electron chi connectivity index (χ0n) is 48.9. The molecule has 430 valence electrons. The van der Waals surface area contributed by atoms with Crippen molar-refractivity contribution in [2.24, 2.45) is 10.8 Å². The van der Waals surface area contributed by atoms with Gasteiger partial charge in [0.25, 0.3) is 5.91 Å². The number of nitrogens with zero attached hydrogens (tertiary/aromatic N) is 3. The summed E-state index contributed by atoms with van der Waals surface area (Å²) in [6.45, 7) is 15.5. The van der Waals surface area contributed by atoms with E-state index >= 15 is 9.59 Å². The van der Waals surface area contributed by atoms with Gasteiger partial charge in [-0.15, -0.1) is 0 Å². The quantitative estimate of drug-likeness (QED) is 0.0564. The van der Waals surface area contributed by atoms with Crippen LogP contribution >= 0.6 is 0 Å². The van der Waals surface area contributed by atoms with Crippen LogP contribution in [-0.4, -0.2) is 126 Å². The molecule has 16 heteroatoms. The van der Waals surface area contributed by atoms with Crippen LogP contribution in [0.1, 0.15) is 124 Å². The molecule has 1 saturated heterocycles. The van der Waals surface area contributed by atoms with Gasteiger partial charge in [0, 0.05) is 44.2 Å². The average Bonchev–Trinajstić information content (AvgIpc) is 3.88. The second kappa shape index (κ2) is 25.6. The molecule has 5 aromatic rings. The molecule has 0 radical (unpaired) electrons. The van der Waals surface area contributed by atoms with E-state index in [1.165, 1.54) is 10.5 Å². The molecule has 1 aliphatic carbocycles. The average molecular weight is 1100 g/mol. The monoisotopic (exact) mass is 1100 g/mol. The summed E-state index contributed by atoms with van der Waals surface area (Å²) in [7, 11) is 3.36. The minimum atomic E-state index is -0.967. The zero-order valence-corrected chi connectivity index (χ0v) is 48.9. The van der Waals surface area contributed by atoms with Crippen molar-refractivity contribution >= 4 is 52.1 Å². The third kappa shape index (κ3) is 14.2. The van der Waals surface area contributed by atoms with E-state index < -0.39 is 64.9 Å². The van der Waals surface area contributed by atoms with E-state index in [2.05, 4.69) is 68.3 Å². The highest BCUT2D eigenvalue weighted by Gasteiger charge is 2.47. The molecule has 2 aliphatic heterocycles. The summed E-state index contributed by atoms with van der Waals surface area (Å²) in [5.41, 5.74) is 4.89. The van der Waals surface area contributed by atoms with Crippen molar-refractivity contribution in [2.45, 2.75) is 155 Å². The standard InChI is InChI=1S/C65H83N9O7/c1-40(66-9)57(75)70-55(64(3,4)5)62(80)73-38-49-22-14-13-21-48(49)35-54(73)61(79)72(33-32-42-26-29-44-18-11-12-20-47(44)34-42)37-43-27-30-46(31-28-43)59(77)68-50-36-53(60(78)69-52-25-17-23-45-19-15-16-24-51(45)52)74(39-50)63(81)56(65(6,7)8)71-58(76)41(2)67-10/h11-16,18-22,24,26-31,34,40-41,50,52-56,66-67H,17,23,25,32-33,35-39H2,1-10H3,(H,68,77)(H,69,78)(H,70,75)(H,71,76)/t40-,41-,50?,52+,53-,54?,55?,56+/m0/s1. The van der Waals surface area contributed by atoms with Crippen molar-refractivity contribution in [1.29, 1.82) is 0 Å². The molecule has 6 N–H and O–H groups in total. The number of carbonyl (C=O) groups excluding carboxylic acids is 7. The largest absolute Gasteiger partial charge is 0.347 e. The molecule has 5 aromatic carbocycles. The fraction of sp³-hybridized carbons (Fsp3) is 0.462. The third-order valence-corrected chi connectivity index (χ3v) is 16.6. The number of amides is 7. The molecule has 2 heterocycles. The van der Waals surface area contributed by atoms with Crippen LogP contribution < -0.4 is 31.9 Å². The predicted molar refractivity (Wildman–Crippen MR) is 315 cm³/mol. The van der Waals surface area contributed by atoms with Crippen LogP contribution in [0, 0.1) is 10.8 Å². The van der Waals surface area contributed by atoms with Gasteiger partial charge in [0.05, 0.1) is 18.1 Å². The molecule has 16 nitrogen and oxygen atoms in total. The first-order valence-corrected chi connectivity index (χ1v) is 28.7. The molecule has 1 fully saturated rings. The summed E-state index contributed by atoms with van der Waals surface area (Å²) >= 11 is 0. The van der Waals surface area contributed by atoms with Gasteiger partial charge in [-0.1, -0.05) is 145 Å². The Bertz CT molecular complexity index is 3110. The number of aryl methyl sites for hydroxylation is 1. The Morgan fingerprint density at radius 2 is 1.20 bits per heavy atom. The number of benzene rings is 5. The van der Waals surface area contributed by atoms with Crippen molar-refractivity contribution in [1.82, 2.24) is 46.6 Å². The van der Waals surface area contributed by atoms with E-state index in [9.17, 15) is 24.0 Å². The third-order valence-electron chi connectivity index (χ3n) is 16.6. The first-order chi connectivity index (χ1) is 38.5. The smallest absolute Gasteiger partial charge is 0.251 e. The first-order valence-electron chi connectivity index (χ1n) is 28.7. The summed E-state index contributed by atoms with van der Waals surface area (Å²) in [6, 6.07) is 31.8. The molecule has 3 aliphatic rings. The van der Waals surface area contributed by atoms with Crippen molar-refractivity contribution in [2.75, 3.05) is 27.2 Å². The lowest BCUT2D eigenvalue weighted by molar-refractivity contribution is -0.151. The van der Waals surface area contributed by atoms with Crippen LogP contribution in [0.3, 0.4) is 0 Å². The Kier molecular flexibility index (Phi) is 18.8. The van der Waals surface area contributed by atoms with Crippen LogP contribution in [0.5, 0.6) is 0 Å². The molecule has 0 aromatic heterocycles. The molecular weight excluding hydrogens is 1020 g/mol. The van der Waals surface area contributed by atoms with Crippen molar-refractivity contribution in [3.8, 4) is 0 Å². The fourth-order valence-corrected chi connectivity index (χ4v) is 11.4. The number of hydrogen-bond acceptors (Lipinski definition) is 9. The van der Waals surface area contributed by atoms with Gasteiger partial charge in [-0.2, -0.15) is 0 Å². The van der Waals surface area contributed by atoms with Crippen LogP contribution in [0.2, 0.25) is 0 Å². The summed E-state index contributed by atoms with van der Waals surface area (Å²) in [5, 5.41) is 20.4. The highest BCUT2D eigenvalue weighted by molar-refractivity contribution is 5.97. The lowest BCUT2D eigenvalue weighted by atomic mass is 9.84. The Balaban J connectivity index is 1.04. The topological polar surface area (TPSA) is 201 Å². The number of likely N-dealkylation sites (N-methyl/N-ethyl adjacent to an activating group) is 2. The van der Waals surface area contributed by atoms with Crippen LogP contribution in [0.25, 0.3) is 10.8 Å². The predicted octanol–water partition coefficient (Wildman–Crippen LogP) is 6.54. The number of nitrogens with one attached hydrogen (secondary N) is 6. The van der Waals surface area contributed by atoms with Gasteiger partial charge >= 0.3 is 0 Å². The van der Waals surface area contributed by atoms with E-state index in [0.29, 0.717) is 18.5 Å². The van der Waals surface area contributed by atoms with Crippen LogP contribution in [0.4, 0.5) is 0 Å². The highest BCUT2D eigenvalue weighted by atomic mass is 16.2. The normalized spacial score (nSPS) is 19.5. The van der Waals surface area contributed by atoms with E-state index in [1.807, 2.05) is 108 Å². The molecule has 8 rings (SSSR count). The van der Waals surface area contributed by atoms with Crippen LogP contribution in [-0.2, 0) is 61.1 Å². The molecule has 0 bridgehead atoms. The Hall–Kier alpha value is -7.43. The Morgan fingerprint density at radius 3 is 1.83 bits per heavy atom. The second-order valence-corrected chi connectivity index (χ2v) is 24.5. The molecule has 3 unspecified atom stereocenters. The maximum absolute atomic E-state index is 15.5. The van der Waals surface area contributed by atoms with E-state index in [-0.39, 0.29) is 68.1 Å². The number of likely N-dealkylation sites (tertiary alicyclic amines) is 1. The van der Waals surface area contributed by atoms with E-state index in [0.717, 1.165) is 57.9 Å². The molecule has 0 saturated carbocycles. The van der Waals surface area contributed by atoms with Gasteiger partial charge in [-0.25, -0.2) is 0 Å². The maximum Gasteiger partial charge on any atom is 0.251 e. The Labute approximate surface area is 477 Å². The summed E-state index contributed by atoms with van der Waals surface area (Å²) in [4.78, 5) is 106. The van der Waals surface area contributed by atoms with Gasteiger partial charge in [0.2, 0.25) is 35.4 Å². The Morgan fingerprint density at radius 1 is 0.630 bits per heavy atom. The number of carbonyl (C=O) groups is 7. The van der Waals surface area contributed by atoms with Gasteiger partial charge in [0.1, 0.15) is 24.2 Å². The van der Waals surface area contributed by atoms with Gasteiger partial charge < -0.3 is 46.6 Å². The van der Waals surface area contributed by atoms with Crippen molar-refractivity contribution in [3.05, 3.63) is 154 Å². The molecule has 8 atom stereocenters. The van der Waals surface area contributed by atoms with Crippen LogP contribution in [0.15, 0.2) is 115 Å². The van der Waals surface area contributed by atoms with E-state index in [4.69, 9.17) is 0 Å². The number of fused-ring (bicyclic) bond motifs is 3. The van der Waals surface area contributed by atoms with Crippen molar-refractivity contribution in [3.63, 3.8) is 0 Å². The molecular formula is C65H83N9O7. The van der Waals surface area contributed by atoms with Gasteiger partial charge in [-0.05, 0) is 127 Å². The number of hydrogen-bond donors (Lipinski definition) is 6.